The molecule has 0 aromatic heterocycles. The highest BCUT2D eigenvalue weighted by Gasteiger charge is 2.13. The highest BCUT2D eigenvalue weighted by molar-refractivity contribution is 9.10. The Labute approximate surface area is 116 Å². The molecule has 0 heterocycles. The molecule has 4 nitrogen and oxygen atoms in total. The largest absolute Gasteiger partial charge is 0.496 e. The van der Waals surface area contributed by atoms with E-state index in [9.17, 15) is 5.11 Å². The average molecular weight is 318 g/mol. The topological polar surface area (TPSA) is 50.7 Å². The summed E-state index contributed by atoms with van der Waals surface area (Å²) in [5.41, 5.74) is 1.12. The van der Waals surface area contributed by atoms with Gasteiger partial charge in [-0.1, -0.05) is 6.07 Å². The third kappa shape index (κ3) is 4.24. The molecule has 0 saturated carbocycles. The Bertz CT molecular complexity index is 373. The van der Waals surface area contributed by atoms with Crippen molar-refractivity contribution in [3.63, 3.8) is 0 Å². The summed E-state index contributed by atoms with van der Waals surface area (Å²) >= 11 is 3.46. The molecule has 1 rings (SSSR count). The highest BCUT2D eigenvalue weighted by atomic mass is 79.9. The summed E-state index contributed by atoms with van der Waals surface area (Å²) in [5, 5.41) is 12.5. The zero-order valence-corrected chi connectivity index (χ0v) is 12.5. The Hall–Kier alpha value is -0.620. The van der Waals surface area contributed by atoms with Crippen LogP contribution < -0.4 is 10.1 Å². The van der Waals surface area contributed by atoms with E-state index in [1.807, 2.05) is 25.1 Å². The molecule has 0 saturated heterocycles. The minimum Gasteiger partial charge on any atom is -0.496 e. The molecule has 0 fully saturated rings. The van der Waals surface area contributed by atoms with Gasteiger partial charge in [0.1, 0.15) is 5.75 Å². The number of aliphatic hydroxyl groups excluding tert-OH is 1. The van der Waals surface area contributed by atoms with Gasteiger partial charge >= 0.3 is 0 Å². The molecule has 0 radical (unpaired) electrons. The Morgan fingerprint density at radius 3 is 2.61 bits per heavy atom. The van der Waals surface area contributed by atoms with Gasteiger partial charge in [-0.3, -0.25) is 0 Å². The van der Waals surface area contributed by atoms with Gasteiger partial charge in [0.2, 0.25) is 0 Å². The van der Waals surface area contributed by atoms with Crippen LogP contribution in [0, 0.1) is 0 Å². The van der Waals surface area contributed by atoms with Gasteiger partial charge in [-0.15, -0.1) is 0 Å². The number of methoxy groups -OCH3 is 2. The first-order valence-corrected chi connectivity index (χ1v) is 6.61. The van der Waals surface area contributed by atoms with Gasteiger partial charge in [0.05, 0.1) is 30.8 Å². The average Bonchev–Trinajstić information content (AvgIpc) is 2.37. The van der Waals surface area contributed by atoms with Crippen molar-refractivity contribution in [1.29, 1.82) is 0 Å². The second kappa shape index (κ2) is 7.74. The van der Waals surface area contributed by atoms with Crippen molar-refractivity contribution >= 4 is 15.9 Å². The first-order chi connectivity index (χ1) is 8.62. The van der Waals surface area contributed by atoms with E-state index in [1.165, 1.54) is 0 Å². The van der Waals surface area contributed by atoms with Crippen molar-refractivity contribution in [3.8, 4) is 5.75 Å². The van der Waals surface area contributed by atoms with E-state index in [1.54, 1.807) is 14.2 Å². The number of rotatable bonds is 7. The number of ether oxygens (including phenoxy) is 2. The predicted molar refractivity (Wildman–Crippen MR) is 75.0 cm³/mol. The lowest BCUT2D eigenvalue weighted by molar-refractivity contribution is 0.123. The minimum absolute atomic E-state index is 0.0511. The molecule has 0 aliphatic carbocycles. The summed E-state index contributed by atoms with van der Waals surface area (Å²) in [5.74, 6) is 0.807. The van der Waals surface area contributed by atoms with Crippen LogP contribution in [0.1, 0.15) is 18.5 Å². The SMILES string of the molecule is COCC(CO)NC(C)c1ccc(OC)c(Br)c1. The van der Waals surface area contributed by atoms with Gasteiger partial charge < -0.3 is 19.9 Å². The number of benzene rings is 1. The molecule has 0 bridgehead atoms. The van der Waals surface area contributed by atoms with Gasteiger partial charge in [0, 0.05) is 13.2 Å². The highest BCUT2D eigenvalue weighted by Crippen LogP contribution is 2.28. The van der Waals surface area contributed by atoms with Crippen molar-refractivity contribution in [2.75, 3.05) is 27.4 Å². The second-order valence-electron chi connectivity index (χ2n) is 4.12. The Balaban J connectivity index is 2.71. The molecular weight excluding hydrogens is 298 g/mol. The molecule has 2 unspecified atom stereocenters. The summed E-state index contributed by atoms with van der Waals surface area (Å²) in [4.78, 5) is 0. The first kappa shape index (κ1) is 15.4. The summed E-state index contributed by atoms with van der Waals surface area (Å²) in [6.07, 6.45) is 0. The molecule has 0 aliphatic heterocycles. The Morgan fingerprint density at radius 2 is 2.11 bits per heavy atom. The van der Waals surface area contributed by atoms with Crippen molar-refractivity contribution in [3.05, 3.63) is 28.2 Å². The maximum atomic E-state index is 9.22. The van der Waals surface area contributed by atoms with Crippen LogP contribution in [-0.2, 0) is 4.74 Å². The molecule has 102 valence electrons. The molecule has 0 aliphatic rings. The van der Waals surface area contributed by atoms with E-state index in [0.29, 0.717) is 6.61 Å². The second-order valence-corrected chi connectivity index (χ2v) is 4.97. The fourth-order valence-electron chi connectivity index (χ4n) is 1.76. The third-order valence-corrected chi connectivity index (χ3v) is 3.37. The number of hydrogen-bond acceptors (Lipinski definition) is 4. The van der Waals surface area contributed by atoms with E-state index in [0.717, 1.165) is 15.8 Å². The van der Waals surface area contributed by atoms with Crippen molar-refractivity contribution < 1.29 is 14.6 Å². The molecule has 5 heteroatoms. The van der Waals surface area contributed by atoms with Crippen LogP contribution in [0.15, 0.2) is 22.7 Å². The molecule has 2 N–H and O–H groups in total. The van der Waals surface area contributed by atoms with Crippen molar-refractivity contribution in [2.45, 2.75) is 19.0 Å². The van der Waals surface area contributed by atoms with Gasteiger partial charge in [0.25, 0.3) is 0 Å². The smallest absolute Gasteiger partial charge is 0.133 e. The monoisotopic (exact) mass is 317 g/mol. The first-order valence-electron chi connectivity index (χ1n) is 5.81. The molecule has 1 aromatic carbocycles. The van der Waals surface area contributed by atoms with Crippen molar-refractivity contribution in [1.82, 2.24) is 5.32 Å². The van der Waals surface area contributed by atoms with Crippen LogP contribution in [0.2, 0.25) is 0 Å². The fraction of sp³-hybridized carbons (Fsp3) is 0.538. The molecule has 0 amide bonds. The summed E-state index contributed by atoms with van der Waals surface area (Å²) in [7, 11) is 3.26. The molecular formula is C13H20BrNO3. The lowest BCUT2D eigenvalue weighted by Crippen LogP contribution is -2.38. The number of hydrogen-bond donors (Lipinski definition) is 2. The predicted octanol–water partition coefficient (Wildman–Crippen LogP) is 2.12. The minimum atomic E-state index is -0.0640. The van der Waals surface area contributed by atoms with Gasteiger partial charge in [-0.2, -0.15) is 0 Å². The van der Waals surface area contributed by atoms with Crippen LogP contribution >= 0.6 is 15.9 Å². The van der Waals surface area contributed by atoms with E-state index in [-0.39, 0.29) is 18.7 Å². The number of aliphatic hydroxyl groups is 1. The van der Waals surface area contributed by atoms with Crippen LogP contribution in [0.25, 0.3) is 0 Å². The van der Waals surface area contributed by atoms with E-state index in [2.05, 4.69) is 21.2 Å². The summed E-state index contributed by atoms with van der Waals surface area (Å²) < 4.78 is 11.2. The zero-order valence-electron chi connectivity index (χ0n) is 10.9. The van der Waals surface area contributed by atoms with Gasteiger partial charge in [0.15, 0.2) is 0 Å². The fourth-order valence-corrected chi connectivity index (χ4v) is 2.31. The van der Waals surface area contributed by atoms with Crippen LogP contribution in [0.4, 0.5) is 0 Å². The van der Waals surface area contributed by atoms with E-state index < -0.39 is 0 Å². The molecule has 1 aromatic rings. The van der Waals surface area contributed by atoms with Crippen LogP contribution in [-0.4, -0.2) is 38.6 Å². The third-order valence-electron chi connectivity index (χ3n) is 2.75. The maximum Gasteiger partial charge on any atom is 0.133 e. The molecule has 0 spiro atoms. The zero-order chi connectivity index (χ0) is 13.5. The lowest BCUT2D eigenvalue weighted by atomic mass is 10.1. The number of halogens is 1. The van der Waals surface area contributed by atoms with E-state index in [4.69, 9.17) is 9.47 Å². The lowest BCUT2D eigenvalue weighted by Gasteiger charge is -2.21. The standard InChI is InChI=1S/C13H20BrNO3/c1-9(15-11(7-16)8-17-2)10-4-5-13(18-3)12(14)6-10/h4-6,9,11,15-16H,7-8H2,1-3H3. The molecule has 18 heavy (non-hydrogen) atoms. The Kier molecular flexibility index (Phi) is 6.63. The van der Waals surface area contributed by atoms with Gasteiger partial charge in [-0.25, -0.2) is 0 Å². The normalized spacial score (nSPS) is 14.3. The van der Waals surface area contributed by atoms with Crippen molar-refractivity contribution in [2.24, 2.45) is 0 Å². The van der Waals surface area contributed by atoms with Crippen LogP contribution in [0.3, 0.4) is 0 Å². The van der Waals surface area contributed by atoms with Crippen LogP contribution in [0.5, 0.6) is 5.75 Å². The quantitative estimate of drug-likeness (QED) is 0.808. The molecule has 2 atom stereocenters. The number of nitrogens with one attached hydrogen (secondary N) is 1. The maximum absolute atomic E-state index is 9.22. The Morgan fingerprint density at radius 1 is 1.39 bits per heavy atom. The van der Waals surface area contributed by atoms with E-state index >= 15 is 0 Å². The summed E-state index contributed by atoms with van der Waals surface area (Å²) in [6, 6.07) is 5.99. The van der Waals surface area contributed by atoms with Gasteiger partial charge in [-0.05, 0) is 40.5 Å². The summed E-state index contributed by atoms with van der Waals surface area (Å²) in [6.45, 7) is 2.58.